The molecule has 7 heteroatoms. The SMILES string of the molecule is CC(=O)c1ccc(N2CCN(C(=S)NCCN(C)C)CC2)c(F)c1. The minimum Gasteiger partial charge on any atom is -0.366 e. The molecule has 1 aliphatic heterocycles. The van der Waals surface area contributed by atoms with Crippen LogP contribution in [0.25, 0.3) is 0 Å². The highest BCUT2D eigenvalue weighted by Gasteiger charge is 2.21. The van der Waals surface area contributed by atoms with Gasteiger partial charge in [-0.25, -0.2) is 4.39 Å². The maximum absolute atomic E-state index is 14.2. The van der Waals surface area contributed by atoms with E-state index in [0.717, 1.165) is 31.3 Å². The van der Waals surface area contributed by atoms with Crippen molar-refractivity contribution in [3.8, 4) is 0 Å². The number of rotatable bonds is 5. The third-order valence-corrected chi connectivity index (χ3v) is 4.50. The van der Waals surface area contributed by atoms with E-state index in [-0.39, 0.29) is 11.6 Å². The van der Waals surface area contributed by atoms with Crippen LogP contribution in [-0.4, -0.2) is 74.1 Å². The van der Waals surface area contributed by atoms with Crippen molar-refractivity contribution in [1.29, 1.82) is 0 Å². The molecule has 1 fully saturated rings. The van der Waals surface area contributed by atoms with Crippen LogP contribution < -0.4 is 10.2 Å². The zero-order chi connectivity index (χ0) is 17.7. The van der Waals surface area contributed by atoms with Crippen molar-refractivity contribution in [2.24, 2.45) is 0 Å². The van der Waals surface area contributed by atoms with Crippen LogP contribution in [0, 0.1) is 5.82 Å². The van der Waals surface area contributed by atoms with Gasteiger partial charge in [-0.15, -0.1) is 0 Å². The standard InChI is InChI=1S/C17H25FN4OS/c1-13(23)14-4-5-16(15(18)12-14)21-8-10-22(11-9-21)17(24)19-6-7-20(2)3/h4-5,12H,6-11H2,1-3H3,(H,19,24). The van der Waals surface area contributed by atoms with Crippen molar-refractivity contribution in [3.05, 3.63) is 29.6 Å². The highest BCUT2D eigenvalue weighted by atomic mass is 32.1. The van der Waals surface area contributed by atoms with E-state index in [4.69, 9.17) is 12.2 Å². The Kier molecular flexibility index (Phi) is 6.51. The zero-order valence-electron chi connectivity index (χ0n) is 14.5. The Labute approximate surface area is 148 Å². The van der Waals surface area contributed by atoms with Gasteiger partial charge in [-0.3, -0.25) is 4.79 Å². The number of hydrogen-bond donors (Lipinski definition) is 1. The van der Waals surface area contributed by atoms with E-state index >= 15 is 0 Å². The van der Waals surface area contributed by atoms with Gasteiger partial charge in [-0.05, 0) is 51.4 Å². The maximum Gasteiger partial charge on any atom is 0.169 e. The summed E-state index contributed by atoms with van der Waals surface area (Å²) >= 11 is 5.42. The Morgan fingerprint density at radius 3 is 2.50 bits per heavy atom. The summed E-state index contributed by atoms with van der Waals surface area (Å²) in [7, 11) is 4.05. The van der Waals surface area contributed by atoms with Crippen molar-refractivity contribution >= 4 is 28.8 Å². The second kappa shape index (κ2) is 8.39. The van der Waals surface area contributed by atoms with Gasteiger partial charge < -0.3 is 20.0 Å². The Morgan fingerprint density at radius 1 is 1.29 bits per heavy atom. The highest BCUT2D eigenvalue weighted by molar-refractivity contribution is 7.80. The van der Waals surface area contributed by atoms with Gasteiger partial charge in [0.1, 0.15) is 5.82 Å². The summed E-state index contributed by atoms with van der Waals surface area (Å²) in [6.07, 6.45) is 0. The Hall–Kier alpha value is -1.73. The fraction of sp³-hybridized carbons (Fsp3) is 0.529. The summed E-state index contributed by atoms with van der Waals surface area (Å²) < 4.78 is 14.2. The first-order chi connectivity index (χ1) is 11.4. The lowest BCUT2D eigenvalue weighted by molar-refractivity contribution is 0.101. The van der Waals surface area contributed by atoms with E-state index in [0.29, 0.717) is 24.3 Å². The number of benzene rings is 1. The summed E-state index contributed by atoms with van der Waals surface area (Å²) in [5.41, 5.74) is 0.951. The van der Waals surface area contributed by atoms with E-state index in [2.05, 4.69) is 15.1 Å². The van der Waals surface area contributed by atoms with E-state index in [1.165, 1.54) is 13.0 Å². The molecule has 0 radical (unpaired) electrons. The number of likely N-dealkylation sites (N-methyl/N-ethyl adjacent to an activating group) is 1. The molecule has 5 nitrogen and oxygen atoms in total. The van der Waals surface area contributed by atoms with Crippen molar-refractivity contribution in [2.75, 3.05) is 58.3 Å². The van der Waals surface area contributed by atoms with Crippen LogP contribution >= 0.6 is 12.2 Å². The topological polar surface area (TPSA) is 38.8 Å². The minimum atomic E-state index is -0.345. The molecule has 0 aliphatic carbocycles. The van der Waals surface area contributed by atoms with E-state index in [9.17, 15) is 9.18 Å². The van der Waals surface area contributed by atoms with Crippen LogP contribution in [0.5, 0.6) is 0 Å². The fourth-order valence-corrected chi connectivity index (χ4v) is 2.92. The molecule has 1 heterocycles. The molecule has 0 bridgehead atoms. The third-order valence-electron chi connectivity index (χ3n) is 4.10. The van der Waals surface area contributed by atoms with E-state index in [1.807, 2.05) is 19.0 Å². The Balaban J connectivity index is 1.88. The molecule has 0 aromatic heterocycles. The predicted octanol–water partition coefficient (Wildman–Crippen LogP) is 1.59. The largest absolute Gasteiger partial charge is 0.366 e. The normalized spacial score (nSPS) is 14.9. The smallest absolute Gasteiger partial charge is 0.169 e. The van der Waals surface area contributed by atoms with Crippen molar-refractivity contribution < 1.29 is 9.18 Å². The van der Waals surface area contributed by atoms with Crippen molar-refractivity contribution in [2.45, 2.75) is 6.92 Å². The monoisotopic (exact) mass is 352 g/mol. The molecule has 1 aromatic rings. The average molecular weight is 352 g/mol. The maximum atomic E-state index is 14.2. The van der Waals surface area contributed by atoms with Crippen LogP contribution in [0.3, 0.4) is 0 Å². The van der Waals surface area contributed by atoms with Crippen LogP contribution in [0.15, 0.2) is 18.2 Å². The molecular weight excluding hydrogens is 327 g/mol. The van der Waals surface area contributed by atoms with Crippen LogP contribution in [0.2, 0.25) is 0 Å². The second-order valence-corrected chi connectivity index (χ2v) is 6.62. The van der Waals surface area contributed by atoms with Gasteiger partial charge in [0, 0.05) is 44.8 Å². The molecule has 0 amide bonds. The van der Waals surface area contributed by atoms with Gasteiger partial charge in [0.25, 0.3) is 0 Å². The summed E-state index contributed by atoms with van der Waals surface area (Å²) in [6, 6.07) is 4.69. The number of hydrogen-bond acceptors (Lipinski definition) is 4. The molecule has 132 valence electrons. The Bertz CT molecular complexity index is 600. The van der Waals surface area contributed by atoms with Gasteiger partial charge in [0.05, 0.1) is 5.69 Å². The van der Waals surface area contributed by atoms with Crippen LogP contribution in [0.4, 0.5) is 10.1 Å². The molecule has 0 unspecified atom stereocenters. The van der Waals surface area contributed by atoms with Gasteiger partial charge in [-0.1, -0.05) is 0 Å². The third kappa shape index (κ3) is 4.88. The van der Waals surface area contributed by atoms with Crippen LogP contribution in [0.1, 0.15) is 17.3 Å². The number of nitrogens with one attached hydrogen (secondary N) is 1. The quantitative estimate of drug-likeness (QED) is 0.641. The molecule has 0 atom stereocenters. The van der Waals surface area contributed by atoms with E-state index in [1.54, 1.807) is 12.1 Å². The van der Waals surface area contributed by atoms with Gasteiger partial charge in [-0.2, -0.15) is 0 Å². The van der Waals surface area contributed by atoms with Crippen molar-refractivity contribution in [1.82, 2.24) is 15.1 Å². The molecular formula is C17H25FN4OS. The Morgan fingerprint density at radius 2 is 1.96 bits per heavy atom. The van der Waals surface area contributed by atoms with E-state index < -0.39 is 0 Å². The first-order valence-electron chi connectivity index (χ1n) is 8.11. The summed E-state index contributed by atoms with van der Waals surface area (Å²) in [5.74, 6) is -0.470. The molecule has 0 spiro atoms. The van der Waals surface area contributed by atoms with Gasteiger partial charge in [0.15, 0.2) is 10.9 Å². The summed E-state index contributed by atoms with van der Waals surface area (Å²) in [5, 5.41) is 4.01. The lowest BCUT2D eigenvalue weighted by atomic mass is 10.1. The molecule has 1 aromatic carbocycles. The summed E-state index contributed by atoms with van der Waals surface area (Å²) in [6.45, 7) is 6.08. The number of halogens is 1. The number of thiocarbonyl (C=S) groups is 1. The fourth-order valence-electron chi connectivity index (χ4n) is 2.63. The molecule has 1 N–H and O–H groups in total. The highest BCUT2D eigenvalue weighted by Crippen LogP contribution is 2.22. The molecule has 2 rings (SSSR count). The van der Waals surface area contributed by atoms with Crippen LogP contribution in [-0.2, 0) is 0 Å². The average Bonchev–Trinajstić information content (AvgIpc) is 2.54. The lowest BCUT2D eigenvalue weighted by Gasteiger charge is -2.37. The number of carbonyl (C=O) groups excluding carboxylic acids is 1. The number of Topliss-reactive ketones (excluding diaryl/α,β-unsaturated/α-hetero) is 1. The molecule has 1 saturated heterocycles. The minimum absolute atomic E-state index is 0.126. The first-order valence-corrected chi connectivity index (χ1v) is 8.52. The molecule has 1 aliphatic rings. The number of carbonyl (C=O) groups is 1. The number of ketones is 1. The number of nitrogens with zero attached hydrogens (tertiary/aromatic N) is 3. The first kappa shape index (κ1) is 18.6. The van der Waals surface area contributed by atoms with Gasteiger partial charge >= 0.3 is 0 Å². The van der Waals surface area contributed by atoms with Crippen molar-refractivity contribution in [3.63, 3.8) is 0 Å². The second-order valence-electron chi connectivity index (χ2n) is 6.23. The number of piperazine rings is 1. The zero-order valence-corrected chi connectivity index (χ0v) is 15.3. The number of anilines is 1. The van der Waals surface area contributed by atoms with Gasteiger partial charge in [0.2, 0.25) is 0 Å². The predicted molar refractivity (Wildman–Crippen MR) is 99.3 cm³/mol. The molecule has 0 saturated carbocycles. The lowest BCUT2D eigenvalue weighted by Crippen LogP contribution is -2.52. The summed E-state index contributed by atoms with van der Waals surface area (Å²) in [4.78, 5) is 17.5. The molecule has 24 heavy (non-hydrogen) atoms.